The molecule has 3 aromatic heterocycles. The summed E-state index contributed by atoms with van der Waals surface area (Å²) >= 11 is 0. The van der Waals surface area contributed by atoms with Gasteiger partial charge in [-0.2, -0.15) is 0 Å². The summed E-state index contributed by atoms with van der Waals surface area (Å²) in [5, 5.41) is 8.29. The Kier molecular flexibility index (Phi) is 3.55. The molecule has 54 heavy (non-hydrogen) atoms. The number of fused-ring (bicyclic) bond motifs is 13. The molecule has 0 spiro atoms. The van der Waals surface area contributed by atoms with Crippen LogP contribution in [0, 0.1) is 0 Å². The molecule has 8 aromatic carbocycles. The lowest BCUT2D eigenvalue weighted by atomic mass is 9.73. The molecule has 9 heterocycles. The minimum Gasteiger partial charge on any atom is -0.327 e. The highest BCUT2D eigenvalue weighted by molar-refractivity contribution is 6.33. The second kappa shape index (κ2) is 7.62. The van der Waals surface area contributed by atoms with E-state index in [-0.39, 0.29) is 18.1 Å². The van der Waals surface area contributed by atoms with Crippen LogP contribution in [0.25, 0.3) is 110 Å². The number of benzene rings is 8. The van der Waals surface area contributed by atoms with Gasteiger partial charge in [0.1, 0.15) is 0 Å². The average molecular weight is 680 g/mol. The Bertz CT molecular complexity index is 3560. The molecule has 0 radical (unpaired) electrons. The SMILES string of the molecule is c1ccc2c(c1)-c1cccc3c4cc5c6cc7c8cccc9c8n8c7c7c6n6c5c5c4n(c13)C2c1cccc(c1-5)C6c1cccc(c1-7)C8c1ccccc1-9. The first-order chi connectivity index (χ1) is 26.9. The molecule has 0 fully saturated rings. The number of rotatable bonds is 0. The summed E-state index contributed by atoms with van der Waals surface area (Å²) in [6.45, 7) is 0. The molecule has 0 bridgehead atoms. The van der Waals surface area contributed by atoms with Gasteiger partial charge in [0.15, 0.2) is 0 Å². The summed E-state index contributed by atoms with van der Waals surface area (Å²) in [6, 6.07) is 52.5. The van der Waals surface area contributed by atoms with Crippen LogP contribution >= 0.6 is 0 Å². The smallest absolute Gasteiger partial charge is 0.0858 e. The molecule has 6 aliphatic rings. The van der Waals surface area contributed by atoms with Crippen LogP contribution in [0.1, 0.15) is 51.5 Å². The van der Waals surface area contributed by atoms with Gasteiger partial charge >= 0.3 is 0 Å². The number of nitrogens with zero attached hydrogens (tertiary/aromatic N) is 3. The zero-order chi connectivity index (χ0) is 34.0. The van der Waals surface area contributed by atoms with Crippen LogP contribution < -0.4 is 0 Å². The van der Waals surface area contributed by atoms with E-state index in [1.807, 2.05) is 0 Å². The first-order valence-corrected chi connectivity index (χ1v) is 19.4. The number of para-hydroxylation sites is 2. The molecule has 3 nitrogen and oxygen atoms in total. The van der Waals surface area contributed by atoms with Crippen molar-refractivity contribution in [2.75, 3.05) is 0 Å². The molecule has 11 aromatic rings. The zero-order valence-electron chi connectivity index (χ0n) is 28.8. The van der Waals surface area contributed by atoms with Crippen molar-refractivity contribution < 1.29 is 0 Å². The van der Waals surface area contributed by atoms with E-state index < -0.39 is 0 Å². The maximum atomic E-state index is 2.80. The van der Waals surface area contributed by atoms with E-state index in [1.165, 1.54) is 143 Å². The molecular weight excluding hydrogens is 655 g/mol. The third kappa shape index (κ3) is 2.22. The Hall–Kier alpha value is -6.84. The fraction of sp³-hybridized carbons (Fsp3) is 0.0588. The first kappa shape index (κ1) is 25.2. The second-order valence-electron chi connectivity index (χ2n) is 16.6. The topological polar surface area (TPSA) is 14.8 Å². The molecule has 6 aliphatic heterocycles. The number of hydrogen-bond acceptors (Lipinski definition) is 0. The molecule has 0 saturated heterocycles. The number of hydrogen-bond donors (Lipinski definition) is 0. The van der Waals surface area contributed by atoms with Gasteiger partial charge in [-0.05, 0) is 67.8 Å². The predicted octanol–water partition coefficient (Wildman–Crippen LogP) is 12.5. The van der Waals surface area contributed by atoms with Crippen LogP contribution in [0.15, 0.2) is 133 Å². The summed E-state index contributed by atoms with van der Waals surface area (Å²) in [7, 11) is 0. The van der Waals surface area contributed by atoms with Crippen molar-refractivity contribution in [2.24, 2.45) is 0 Å². The van der Waals surface area contributed by atoms with Gasteiger partial charge in [0.2, 0.25) is 0 Å². The summed E-state index contributed by atoms with van der Waals surface area (Å²) in [6.07, 6.45) is 0. The first-order valence-electron chi connectivity index (χ1n) is 19.4. The fourth-order valence-electron chi connectivity index (χ4n) is 13.2. The molecule has 2 atom stereocenters. The largest absolute Gasteiger partial charge is 0.327 e. The maximum absolute atomic E-state index is 2.80. The van der Waals surface area contributed by atoms with Crippen LogP contribution in [0.4, 0.5) is 0 Å². The second-order valence-corrected chi connectivity index (χ2v) is 16.6. The van der Waals surface area contributed by atoms with E-state index in [1.54, 1.807) is 0 Å². The zero-order valence-corrected chi connectivity index (χ0v) is 28.8. The van der Waals surface area contributed by atoms with Gasteiger partial charge in [-0.1, -0.05) is 121 Å². The van der Waals surface area contributed by atoms with E-state index in [0.29, 0.717) is 0 Å². The summed E-state index contributed by atoms with van der Waals surface area (Å²) in [5.74, 6) is 0. The van der Waals surface area contributed by atoms with Crippen molar-refractivity contribution in [3.05, 3.63) is 167 Å². The van der Waals surface area contributed by atoms with Crippen LogP contribution in [-0.4, -0.2) is 13.7 Å². The lowest BCUT2D eigenvalue weighted by molar-refractivity contribution is 0.675. The van der Waals surface area contributed by atoms with Gasteiger partial charge in [0.05, 0.1) is 51.2 Å². The standard InChI is InChI=1S/C51H25N3/c1-3-11-25-23(9-1)27-13-5-15-29-35-21-37-38-22-36-30-16-6-14-28-24-10-2-4-12-26(24)46-32-18-8-20-34-40(32)42(49(36)53(46)44(28)30)51(38)54-47(34)33-19-7-17-31-39(33)41(50(37)54)48(35)52(43(27)29)45(25)31/h1-22,45-47H. The molecule has 0 saturated carbocycles. The van der Waals surface area contributed by atoms with Crippen molar-refractivity contribution in [3.63, 3.8) is 0 Å². The van der Waals surface area contributed by atoms with E-state index in [2.05, 4.69) is 147 Å². The minimum atomic E-state index is 0.0976. The van der Waals surface area contributed by atoms with Crippen LogP contribution in [0.2, 0.25) is 0 Å². The van der Waals surface area contributed by atoms with Gasteiger partial charge < -0.3 is 13.7 Å². The molecule has 3 heteroatoms. The summed E-state index contributed by atoms with van der Waals surface area (Å²) in [4.78, 5) is 0. The highest BCUT2D eigenvalue weighted by Crippen LogP contribution is 2.65. The Morgan fingerprint density at radius 3 is 1.06 bits per heavy atom. The Morgan fingerprint density at radius 2 is 0.593 bits per heavy atom. The normalized spacial score (nSPS) is 18.9. The summed E-state index contributed by atoms with van der Waals surface area (Å²) in [5.41, 5.74) is 28.3. The van der Waals surface area contributed by atoms with Gasteiger partial charge in [-0.3, -0.25) is 0 Å². The molecule has 2 unspecified atom stereocenters. The third-order valence-corrected chi connectivity index (χ3v) is 14.7. The van der Waals surface area contributed by atoms with Crippen molar-refractivity contribution in [1.29, 1.82) is 0 Å². The third-order valence-electron chi connectivity index (χ3n) is 14.7. The van der Waals surface area contributed by atoms with Gasteiger partial charge in [-0.25, -0.2) is 0 Å². The van der Waals surface area contributed by atoms with Gasteiger partial charge in [0.25, 0.3) is 0 Å². The average Bonchev–Trinajstić information content (AvgIpc) is 3.87. The predicted molar refractivity (Wildman–Crippen MR) is 219 cm³/mol. The molecule has 0 N–H and O–H groups in total. The maximum Gasteiger partial charge on any atom is 0.0858 e. The highest BCUT2D eigenvalue weighted by Gasteiger charge is 2.47. The molecule has 17 rings (SSSR count). The molecule has 0 aliphatic carbocycles. The van der Waals surface area contributed by atoms with E-state index in [0.717, 1.165) is 0 Å². The lowest BCUT2D eigenvalue weighted by Gasteiger charge is -2.43. The Balaban J connectivity index is 1.19. The fourth-order valence-corrected chi connectivity index (χ4v) is 13.2. The van der Waals surface area contributed by atoms with Gasteiger partial charge in [-0.15, -0.1) is 0 Å². The van der Waals surface area contributed by atoms with E-state index in [9.17, 15) is 0 Å². The Labute approximate surface area is 307 Å². The van der Waals surface area contributed by atoms with E-state index >= 15 is 0 Å². The van der Waals surface area contributed by atoms with Crippen molar-refractivity contribution >= 4 is 65.4 Å². The quantitative estimate of drug-likeness (QED) is 0.152. The van der Waals surface area contributed by atoms with Crippen molar-refractivity contribution in [1.82, 2.24) is 13.7 Å². The molecule has 0 amide bonds. The van der Waals surface area contributed by atoms with Crippen molar-refractivity contribution in [2.45, 2.75) is 18.1 Å². The van der Waals surface area contributed by atoms with E-state index in [4.69, 9.17) is 0 Å². The van der Waals surface area contributed by atoms with Crippen LogP contribution in [0.5, 0.6) is 0 Å². The Morgan fingerprint density at radius 1 is 0.259 bits per heavy atom. The minimum absolute atomic E-state index is 0.0976. The lowest BCUT2D eigenvalue weighted by Crippen LogP contribution is -2.29. The molecule has 244 valence electrons. The van der Waals surface area contributed by atoms with Crippen LogP contribution in [0.3, 0.4) is 0 Å². The van der Waals surface area contributed by atoms with Gasteiger partial charge in [0, 0.05) is 54.6 Å². The van der Waals surface area contributed by atoms with Crippen molar-refractivity contribution in [3.8, 4) is 44.5 Å². The molecular formula is C51H25N3. The van der Waals surface area contributed by atoms with Crippen LogP contribution in [-0.2, 0) is 0 Å². The monoisotopic (exact) mass is 679 g/mol. The number of aromatic nitrogens is 3. The summed E-state index contributed by atoms with van der Waals surface area (Å²) < 4.78 is 8.28. The highest BCUT2D eigenvalue weighted by atomic mass is 15.1.